The molecule has 118 valence electrons. The van der Waals surface area contributed by atoms with Crippen molar-refractivity contribution in [2.75, 3.05) is 6.54 Å². The first-order valence-electron chi connectivity index (χ1n) is 7.34. The van der Waals surface area contributed by atoms with E-state index in [1.54, 1.807) is 4.57 Å². The van der Waals surface area contributed by atoms with E-state index in [0.717, 1.165) is 32.2 Å². The van der Waals surface area contributed by atoms with Crippen LogP contribution in [0.3, 0.4) is 0 Å². The lowest BCUT2D eigenvalue weighted by Gasteiger charge is -2.22. The number of carbonyl (C=O) groups is 1. The predicted molar refractivity (Wildman–Crippen MR) is 82.1 cm³/mol. The van der Waals surface area contributed by atoms with Crippen LogP contribution < -0.4 is 0 Å². The average molecular weight is 333 g/mol. The van der Waals surface area contributed by atoms with E-state index in [4.69, 9.17) is 10.7 Å². The minimum absolute atomic E-state index is 0.0133. The lowest BCUT2D eigenvalue weighted by molar-refractivity contribution is 0.0730. The van der Waals surface area contributed by atoms with Crippen molar-refractivity contribution in [1.82, 2.24) is 9.47 Å². The normalized spacial score (nSPS) is 15.2. The van der Waals surface area contributed by atoms with Crippen LogP contribution in [-0.2, 0) is 15.6 Å². The smallest absolute Gasteiger partial charge is 0.270 e. The van der Waals surface area contributed by atoms with Crippen LogP contribution in [0.5, 0.6) is 0 Å². The Kier molecular flexibility index (Phi) is 4.99. The molecule has 0 N–H and O–H groups in total. The van der Waals surface area contributed by atoms with Gasteiger partial charge in [0.1, 0.15) is 10.6 Å². The summed E-state index contributed by atoms with van der Waals surface area (Å²) in [5, 5.41) is 0. The van der Waals surface area contributed by atoms with Crippen LogP contribution in [0.2, 0.25) is 0 Å². The van der Waals surface area contributed by atoms with Crippen molar-refractivity contribution >= 4 is 25.6 Å². The summed E-state index contributed by atoms with van der Waals surface area (Å²) < 4.78 is 24.6. The molecule has 1 amide bonds. The SMILES string of the molecule is CCCCN(C(=O)c1cc(S(=O)(=O)Cl)cn1CC)C1CC1. The number of hydrogen-bond donors (Lipinski definition) is 0. The minimum atomic E-state index is -3.81. The van der Waals surface area contributed by atoms with E-state index < -0.39 is 9.05 Å². The zero-order chi connectivity index (χ0) is 15.6. The van der Waals surface area contributed by atoms with Gasteiger partial charge in [0.2, 0.25) is 0 Å². The molecule has 1 aromatic rings. The van der Waals surface area contributed by atoms with Crippen LogP contribution in [0.25, 0.3) is 0 Å². The highest BCUT2D eigenvalue weighted by molar-refractivity contribution is 8.13. The summed E-state index contributed by atoms with van der Waals surface area (Å²) in [5.41, 5.74) is 0.403. The number of aromatic nitrogens is 1. The van der Waals surface area contributed by atoms with E-state index >= 15 is 0 Å². The van der Waals surface area contributed by atoms with E-state index in [9.17, 15) is 13.2 Å². The van der Waals surface area contributed by atoms with E-state index in [-0.39, 0.29) is 10.8 Å². The third-order valence-electron chi connectivity index (χ3n) is 3.71. The molecule has 21 heavy (non-hydrogen) atoms. The van der Waals surface area contributed by atoms with Gasteiger partial charge < -0.3 is 9.47 Å². The van der Waals surface area contributed by atoms with Gasteiger partial charge in [0, 0.05) is 36.0 Å². The third-order valence-corrected chi connectivity index (χ3v) is 5.03. The molecule has 7 heteroatoms. The molecule has 0 aliphatic heterocycles. The summed E-state index contributed by atoms with van der Waals surface area (Å²) >= 11 is 0. The number of nitrogens with zero attached hydrogens (tertiary/aromatic N) is 2. The van der Waals surface area contributed by atoms with E-state index in [0.29, 0.717) is 18.3 Å². The number of amides is 1. The monoisotopic (exact) mass is 332 g/mol. The first kappa shape index (κ1) is 16.4. The van der Waals surface area contributed by atoms with Crippen molar-refractivity contribution in [3.8, 4) is 0 Å². The second-order valence-corrected chi connectivity index (χ2v) is 7.93. The zero-order valence-corrected chi connectivity index (χ0v) is 14.0. The number of rotatable bonds is 7. The van der Waals surface area contributed by atoms with E-state index in [2.05, 4.69) is 6.92 Å². The zero-order valence-electron chi connectivity index (χ0n) is 12.4. The van der Waals surface area contributed by atoms with Gasteiger partial charge in [0.25, 0.3) is 15.0 Å². The fourth-order valence-corrected chi connectivity index (χ4v) is 3.13. The molecule has 1 aromatic heterocycles. The highest BCUT2D eigenvalue weighted by atomic mass is 35.7. The van der Waals surface area contributed by atoms with Gasteiger partial charge in [-0.3, -0.25) is 4.79 Å². The van der Waals surface area contributed by atoms with Crippen LogP contribution in [0, 0.1) is 0 Å². The predicted octanol–water partition coefficient (Wildman–Crippen LogP) is 2.84. The maximum absolute atomic E-state index is 12.7. The molecule has 1 aliphatic carbocycles. The molecule has 1 fully saturated rings. The number of aryl methyl sites for hydroxylation is 1. The van der Waals surface area contributed by atoms with Gasteiger partial charge in [0.05, 0.1) is 0 Å². The summed E-state index contributed by atoms with van der Waals surface area (Å²) in [6, 6.07) is 1.69. The molecule has 1 aliphatic rings. The maximum Gasteiger partial charge on any atom is 0.270 e. The van der Waals surface area contributed by atoms with Crippen molar-refractivity contribution in [2.24, 2.45) is 0 Å². The second-order valence-electron chi connectivity index (χ2n) is 5.37. The number of unbranched alkanes of at least 4 members (excludes halogenated alkanes) is 1. The summed E-state index contributed by atoms with van der Waals surface area (Å²) in [6.45, 7) is 5.20. The average Bonchev–Trinajstić information content (AvgIpc) is 3.15. The van der Waals surface area contributed by atoms with Crippen LogP contribution in [0.4, 0.5) is 0 Å². The summed E-state index contributed by atoms with van der Waals surface area (Å²) in [4.78, 5) is 14.6. The molecule has 0 unspecified atom stereocenters. The summed E-state index contributed by atoms with van der Waals surface area (Å²) in [7, 11) is 1.56. The number of hydrogen-bond acceptors (Lipinski definition) is 3. The van der Waals surface area contributed by atoms with Crippen molar-refractivity contribution in [2.45, 2.75) is 57.0 Å². The Morgan fingerprint density at radius 2 is 2.10 bits per heavy atom. The van der Waals surface area contributed by atoms with Gasteiger partial charge in [-0.1, -0.05) is 13.3 Å². The molecular formula is C14H21ClN2O3S. The van der Waals surface area contributed by atoms with Gasteiger partial charge in [-0.15, -0.1) is 0 Å². The Morgan fingerprint density at radius 1 is 1.43 bits per heavy atom. The standard InChI is InChI=1S/C14H21ClN2O3S/c1-3-5-8-17(11-6-7-11)14(18)13-9-12(21(15,19)20)10-16(13)4-2/h9-11H,3-8H2,1-2H3. The van der Waals surface area contributed by atoms with Crippen molar-refractivity contribution in [1.29, 1.82) is 0 Å². The molecule has 5 nitrogen and oxygen atoms in total. The topological polar surface area (TPSA) is 59.4 Å². The molecule has 0 saturated heterocycles. The van der Waals surface area contributed by atoms with Crippen molar-refractivity contribution in [3.05, 3.63) is 18.0 Å². The lowest BCUT2D eigenvalue weighted by atomic mass is 10.2. The molecule has 1 saturated carbocycles. The maximum atomic E-state index is 12.7. The van der Waals surface area contributed by atoms with Crippen molar-refractivity contribution < 1.29 is 13.2 Å². The molecule has 2 rings (SSSR count). The largest absolute Gasteiger partial charge is 0.342 e. The molecular weight excluding hydrogens is 312 g/mol. The van der Waals surface area contributed by atoms with Gasteiger partial charge in [-0.05, 0) is 32.3 Å². The summed E-state index contributed by atoms with van der Waals surface area (Å²) in [6.07, 6.45) is 5.47. The van der Waals surface area contributed by atoms with Crippen LogP contribution >= 0.6 is 10.7 Å². The Bertz CT molecular complexity index is 620. The number of carbonyl (C=O) groups excluding carboxylic acids is 1. The fraction of sp³-hybridized carbons (Fsp3) is 0.643. The van der Waals surface area contributed by atoms with Crippen LogP contribution in [0.15, 0.2) is 17.2 Å². The molecule has 0 radical (unpaired) electrons. The Hall–Kier alpha value is -1.01. The Labute approximate surface area is 130 Å². The van der Waals surface area contributed by atoms with Crippen LogP contribution in [-0.4, -0.2) is 36.4 Å². The highest BCUT2D eigenvalue weighted by Crippen LogP contribution is 2.29. The fourth-order valence-electron chi connectivity index (χ4n) is 2.37. The molecule has 0 atom stereocenters. The molecule has 0 bridgehead atoms. The second kappa shape index (κ2) is 6.40. The summed E-state index contributed by atoms with van der Waals surface area (Å²) in [5.74, 6) is -0.0978. The minimum Gasteiger partial charge on any atom is -0.342 e. The molecule has 1 heterocycles. The first-order valence-corrected chi connectivity index (χ1v) is 9.65. The first-order chi connectivity index (χ1) is 9.88. The highest BCUT2D eigenvalue weighted by Gasteiger charge is 2.34. The van der Waals surface area contributed by atoms with Gasteiger partial charge in [-0.2, -0.15) is 0 Å². The van der Waals surface area contributed by atoms with E-state index in [1.807, 2.05) is 11.8 Å². The van der Waals surface area contributed by atoms with Gasteiger partial charge in [0.15, 0.2) is 0 Å². The Morgan fingerprint density at radius 3 is 2.57 bits per heavy atom. The van der Waals surface area contributed by atoms with Gasteiger partial charge in [-0.25, -0.2) is 8.42 Å². The number of halogens is 1. The molecule has 0 spiro atoms. The van der Waals surface area contributed by atoms with Crippen molar-refractivity contribution in [3.63, 3.8) is 0 Å². The third kappa shape index (κ3) is 3.80. The molecule has 0 aromatic carbocycles. The van der Waals surface area contributed by atoms with E-state index in [1.165, 1.54) is 12.3 Å². The lowest BCUT2D eigenvalue weighted by Crippen LogP contribution is -2.35. The Balaban J connectivity index is 2.30. The quantitative estimate of drug-likeness (QED) is 0.721. The van der Waals surface area contributed by atoms with Crippen LogP contribution in [0.1, 0.15) is 50.0 Å². The van der Waals surface area contributed by atoms with Gasteiger partial charge >= 0.3 is 0 Å².